The van der Waals surface area contributed by atoms with Gasteiger partial charge in [0.1, 0.15) is 4.90 Å². The Morgan fingerprint density at radius 2 is 1.92 bits per heavy atom. The number of amides is 1. The molecule has 1 amide bonds. The molecule has 0 spiro atoms. The van der Waals surface area contributed by atoms with E-state index in [1.165, 1.54) is 0 Å². The number of hydrogen-bond donors (Lipinski definition) is 2. The summed E-state index contributed by atoms with van der Waals surface area (Å²) in [6, 6.07) is 6.87. The summed E-state index contributed by atoms with van der Waals surface area (Å²) >= 11 is 0. The van der Waals surface area contributed by atoms with E-state index in [1.54, 1.807) is 18.2 Å². The lowest BCUT2D eigenvalue weighted by Gasteiger charge is -2.34. The van der Waals surface area contributed by atoms with Crippen LogP contribution in [0.2, 0.25) is 0 Å². The largest absolute Gasteiger partial charge is 0.355 e. The number of carbonyl (C=O) groups is 1. The molecule has 2 heterocycles. The molecular formula is C17H25ClN4O3S. The van der Waals surface area contributed by atoms with Gasteiger partial charge in [0.15, 0.2) is 5.84 Å². The standard InChI is InChI=1S/C17H24N4O3S.ClH/c1-17(2,11-18)19-16(22)12-7-9-21(10-8-12)15-13-5-3-4-6-14(13)25(23,24)20-15;/h3-6,12H,7-11,18H2,1-2H3,(H,19,22);1H. The number of nitrogens with one attached hydrogen (secondary N) is 1. The Kier molecular flexibility index (Phi) is 5.99. The van der Waals surface area contributed by atoms with Gasteiger partial charge in [-0.15, -0.1) is 16.8 Å². The number of nitrogens with two attached hydrogens (primary N) is 1. The maximum absolute atomic E-state index is 12.4. The molecule has 3 N–H and O–H groups in total. The summed E-state index contributed by atoms with van der Waals surface area (Å²) in [7, 11) is -3.61. The van der Waals surface area contributed by atoms with E-state index in [9.17, 15) is 13.2 Å². The first-order valence-electron chi connectivity index (χ1n) is 8.45. The average Bonchev–Trinajstić information content (AvgIpc) is 2.86. The number of piperidine rings is 1. The molecule has 0 bridgehead atoms. The van der Waals surface area contributed by atoms with Gasteiger partial charge in [-0.05, 0) is 38.8 Å². The van der Waals surface area contributed by atoms with Crippen molar-refractivity contribution < 1.29 is 13.2 Å². The van der Waals surface area contributed by atoms with E-state index < -0.39 is 15.6 Å². The van der Waals surface area contributed by atoms with E-state index in [4.69, 9.17) is 5.73 Å². The second-order valence-electron chi connectivity index (χ2n) is 7.22. The van der Waals surface area contributed by atoms with E-state index in [1.807, 2.05) is 24.8 Å². The second kappa shape index (κ2) is 7.54. The summed E-state index contributed by atoms with van der Waals surface area (Å²) in [5.41, 5.74) is 5.89. The smallest absolute Gasteiger partial charge is 0.285 e. The number of nitrogens with zero attached hydrogens (tertiary/aromatic N) is 2. The zero-order chi connectivity index (χ0) is 18.2. The van der Waals surface area contributed by atoms with Crippen LogP contribution in [0.3, 0.4) is 0 Å². The Balaban J connectivity index is 0.00000243. The third kappa shape index (κ3) is 4.02. The molecule has 2 aliphatic heterocycles. The molecule has 9 heteroatoms. The summed E-state index contributed by atoms with van der Waals surface area (Å²) in [5.74, 6) is 0.421. The van der Waals surface area contributed by atoms with E-state index >= 15 is 0 Å². The van der Waals surface area contributed by atoms with Crippen LogP contribution in [0.15, 0.2) is 33.6 Å². The first-order chi connectivity index (χ1) is 11.7. The zero-order valence-electron chi connectivity index (χ0n) is 14.9. The van der Waals surface area contributed by atoms with Gasteiger partial charge >= 0.3 is 0 Å². The summed E-state index contributed by atoms with van der Waals surface area (Å²) in [5, 5.41) is 2.98. The number of halogens is 1. The molecule has 3 rings (SSSR count). The minimum Gasteiger partial charge on any atom is -0.355 e. The van der Waals surface area contributed by atoms with Crippen molar-refractivity contribution >= 4 is 34.2 Å². The van der Waals surface area contributed by atoms with Crippen molar-refractivity contribution in [2.75, 3.05) is 19.6 Å². The predicted octanol–water partition coefficient (Wildman–Crippen LogP) is 1.12. The molecule has 2 aliphatic rings. The molecule has 0 atom stereocenters. The maximum Gasteiger partial charge on any atom is 0.285 e. The second-order valence-corrected chi connectivity index (χ2v) is 8.80. The highest BCUT2D eigenvalue weighted by molar-refractivity contribution is 7.90. The van der Waals surface area contributed by atoms with Crippen LogP contribution in [-0.2, 0) is 14.8 Å². The fourth-order valence-corrected chi connectivity index (χ4v) is 4.38. The van der Waals surface area contributed by atoms with Gasteiger partial charge in [-0.2, -0.15) is 8.42 Å². The van der Waals surface area contributed by atoms with E-state index in [0.717, 1.165) is 0 Å². The van der Waals surface area contributed by atoms with Crippen molar-refractivity contribution in [2.24, 2.45) is 16.0 Å². The van der Waals surface area contributed by atoms with Gasteiger partial charge in [-0.25, -0.2) is 0 Å². The molecule has 1 saturated heterocycles. The maximum atomic E-state index is 12.4. The molecule has 1 aromatic rings. The van der Waals surface area contributed by atoms with E-state index in [0.29, 0.717) is 43.9 Å². The van der Waals surface area contributed by atoms with E-state index in [-0.39, 0.29) is 29.1 Å². The normalized spacial score (nSPS) is 19.3. The van der Waals surface area contributed by atoms with Crippen molar-refractivity contribution in [3.63, 3.8) is 0 Å². The number of hydrogen-bond acceptors (Lipinski definition) is 5. The van der Waals surface area contributed by atoms with Gasteiger partial charge in [0.05, 0.1) is 0 Å². The van der Waals surface area contributed by atoms with Crippen LogP contribution in [0.5, 0.6) is 0 Å². The molecule has 0 unspecified atom stereocenters. The summed E-state index contributed by atoms with van der Waals surface area (Å²) in [6.45, 7) is 5.38. The SMILES string of the molecule is CC(C)(CN)NC(=O)C1CCN(C2=NS(=O)(=O)c3ccccc32)CC1.Cl. The number of likely N-dealkylation sites (tertiary alicyclic amines) is 1. The lowest BCUT2D eigenvalue weighted by Crippen LogP contribution is -2.52. The first kappa shape index (κ1) is 20.7. The minimum atomic E-state index is -3.61. The van der Waals surface area contributed by atoms with Gasteiger partial charge in [-0.1, -0.05) is 12.1 Å². The third-order valence-electron chi connectivity index (χ3n) is 4.75. The van der Waals surface area contributed by atoms with Crippen LogP contribution in [-0.4, -0.2) is 50.2 Å². The summed E-state index contributed by atoms with van der Waals surface area (Å²) in [6.07, 6.45) is 1.32. The molecule has 1 aromatic carbocycles. The lowest BCUT2D eigenvalue weighted by molar-refractivity contribution is -0.127. The van der Waals surface area contributed by atoms with Crippen LogP contribution in [0.4, 0.5) is 0 Å². The van der Waals surface area contributed by atoms with Crippen LogP contribution in [0, 0.1) is 5.92 Å². The molecule has 26 heavy (non-hydrogen) atoms. The Bertz CT molecular complexity index is 815. The monoisotopic (exact) mass is 400 g/mol. The van der Waals surface area contributed by atoms with Gasteiger partial charge < -0.3 is 16.0 Å². The lowest BCUT2D eigenvalue weighted by atomic mass is 9.93. The zero-order valence-corrected chi connectivity index (χ0v) is 16.6. The Labute approximate surface area is 160 Å². The molecular weight excluding hydrogens is 376 g/mol. The molecule has 1 fully saturated rings. The number of sulfonamides is 1. The number of rotatable bonds is 3. The molecule has 0 aliphatic carbocycles. The Hall–Kier alpha value is -1.64. The van der Waals surface area contributed by atoms with Crippen LogP contribution in [0.1, 0.15) is 32.3 Å². The highest BCUT2D eigenvalue weighted by Gasteiger charge is 2.35. The van der Waals surface area contributed by atoms with Crippen LogP contribution in [0.25, 0.3) is 0 Å². The molecule has 0 radical (unpaired) electrons. The summed E-state index contributed by atoms with van der Waals surface area (Å²) < 4.78 is 28.3. The predicted molar refractivity (Wildman–Crippen MR) is 103 cm³/mol. The molecule has 144 valence electrons. The number of amidine groups is 1. The Morgan fingerprint density at radius 1 is 1.31 bits per heavy atom. The molecule has 7 nitrogen and oxygen atoms in total. The topological polar surface area (TPSA) is 105 Å². The number of carbonyl (C=O) groups excluding carboxylic acids is 1. The molecule has 0 saturated carbocycles. The quantitative estimate of drug-likeness (QED) is 0.791. The minimum absolute atomic E-state index is 0. The van der Waals surface area contributed by atoms with Crippen LogP contribution >= 0.6 is 12.4 Å². The molecule has 0 aromatic heterocycles. The van der Waals surface area contributed by atoms with Crippen molar-refractivity contribution in [1.29, 1.82) is 0 Å². The fraction of sp³-hybridized carbons (Fsp3) is 0.529. The van der Waals surface area contributed by atoms with Gasteiger partial charge in [0.2, 0.25) is 5.91 Å². The van der Waals surface area contributed by atoms with Crippen LogP contribution < -0.4 is 11.1 Å². The summed E-state index contributed by atoms with van der Waals surface area (Å²) in [4.78, 5) is 14.6. The van der Waals surface area contributed by atoms with Crippen molar-refractivity contribution in [3.05, 3.63) is 29.8 Å². The number of fused-ring (bicyclic) bond motifs is 1. The van der Waals surface area contributed by atoms with Gasteiger partial charge in [-0.3, -0.25) is 4.79 Å². The number of benzene rings is 1. The van der Waals surface area contributed by atoms with Crippen molar-refractivity contribution in [1.82, 2.24) is 10.2 Å². The van der Waals surface area contributed by atoms with Crippen molar-refractivity contribution in [3.8, 4) is 0 Å². The van der Waals surface area contributed by atoms with Crippen molar-refractivity contribution in [2.45, 2.75) is 37.1 Å². The highest BCUT2D eigenvalue weighted by Crippen LogP contribution is 2.29. The average molecular weight is 401 g/mol. The Morgan fingerprint density at radius 3 is 2.54 bits per heavy atom. The first-order valence-corrected chi connectivity index (χ1v) is 9.89. The highest BCUT2D eigenvalue weighted by atomic mass is 35.5. The fourth-order valence-electron chi connectivity index (χ4n) is 3.16. The van der Waals surface area contributed by atoms with E-state index in [2.05, 4.69) is 9.71 Å². The van der Waals surface area contributed by atoms with Gasteiger partial charge in [0.25, 0.3) is 10.0 Å². The third-order valence-corrected chi connectivity index (χ3v) is 6.07. The van der Waals surface area contributed by atoms with Gasteiger partial charge in [0, 0.05) is 36.7 Å².